The van der Waals surface area contributed by atoms with E-state index < -0.39 is 25.7 Å². The lowest BCUT2D eigenvalue weighted by Crippen LogP contribution is -2.48. The Morgan fingerprint density at radius 1 is 1.14 bits per heavy atom. The second-order valence-corrected chi connectivity index (χ2v) is 9.91. The second-order valence-electron chi connectivity index (χ2n) is 6.00. The molecule has 0 saturated carbocycles. The Hall–Kier alpha value is -1.11. The van der Waals surface area contributed by atoms with Gasteiger partial charge in [-0.3, -0.25) is 18.1 Å². The molecule has 3 aliphatic heterocycles. The summed E-state index contributed by atoms with van der Waals surface area (Å²) in [7, 11) is -2.27. The minimum atomic E-state index is -1.14. The first-order valence-electron chi connectivity index (χ1n) is 7.41. The molecule has 0 amide bonds. The van der Waals surface area contributed by atoms with Crippen LogP contribution >= 0.6 is 0 Å². The van der Waals surface area contributed by atoms with Crippen LogP contribution < -0.4 is 0 Å². The molecule has 0 aromatic heterocycles. The van der Waals surface area contributed by atoms with Crippen LogP contribution in [0, 0.1) is 0 Å². The first kappa shape index (κ1) is 14.5. The van der Waals surface area contributed by atoms with Crippen LogP contribution in [0.25, 0.3) is 0 Å². The van der Waals surface area contributed by atoms with Crippen LogP contribution in [-0.2, 0) is 32.9 Å². The van der Waals surface area contributed by atoms with Crippen LogP contribution in [0.1, 0.15) is 12.0 Å². The van der Waals surface area contributed by atoms with Gasteiger partial charge < -0.3 is 0 Å². The monoisotopic (exact) mass is 335 g/mol. The molecule has 2 bridgehead atoms. The van der Waals surface area contributed by atoms with E-state index in [-0.39, 0.29) is 17.9 Å². The number of nitrogens with zero attached hydrogens (tertiary/aromatic N) is 1. The van der Waals surface area contributed by atoms with E-state index in [2.05, 4.69) is 4.90 Å². The van der Waals surface area contributed by atoms with Gasteiger partial charge in [0.05, 0.1) is 12.1 Å². The fourth-order valence-electron chi connectivity index (χ4n) is 3.83. The zero-order valence-electron chi connectivity index (χ0n) is 12.0. The average Bonchev–Trinajstić information content (AvgIpc) is 2.93. The number of ketones is 1. The standard InChI is InChI=1S/C16H17NO3S2/c18-14-6-7-15-16(21(19)8-9-22(16)20)10-13(14)17(15)11-12-4-2-1-3-5-12/h1-7,13,15H,8-11H2/t13-,15-,21-,22-/m1/s1. The number of rotatable bonds is 2. The molecule has 2 saturated heterocycles. The Morgan fingerprint density at radius 3 is 2.50 bits per heavy atom. The third-order valence-corrected chi connectivity index (χ3v) is 9.77. The zero-order valence-corrected chi connectivity index (χ0v) is 13.6. The molecular weight excluding hydrogens is 318 g/mol. The van der Waals surface area contributed by atoms with Gasteiger partial charge in [-0.25, -0.2) is 0 Å². The first-order chi connectivity index (χ1) is 10.6. The van der Waals surface area contributed by atoms with Crippen molar-refractivity contribution in [2.75, 3.05) is 11.5 Å². The van der Waals surface area contributed by atoms with E-state index in [1.165, 1.54) is 0 Å². The predicted octanol–water partition coefficient (Wildman–Crippen LogP) is 0.976. The van der Waals surface area contributed by atoms with Crippen LogP contribution in [0.5, 0.6) is 0 Å². The number of fused-ring (bicyclic) bond motifs is 3. The van der Waals surface area contributed by atoms with Crippen molar-refractivity contribution in [2.24, 2.45) is 0 Å². The minimum Gasteiger partial charge on any atom is -0.293 e. The van der Waals surface area contributed by atoms with Gasteiger partial charge in [0, 0.05) is 46.1 Å². The highest BCUT2D eigenvalue weighted by Gasteiger charge is 2.63. The highest BCUT2D eigenvalue weighted by atomic mass is 32.3. The maximum absolute atomic E-state index is 12.6. The van der Waals surface area contributed by atoms with Crippen LogP contribution in [0.4, 0.5) is 0 Å². The number of carbonyl (C=O) groups excluding carboxylic acids is 1. The molecule has 4 rings (SSSR count). The van der Waals surface area contributed by atoms with Gasteiger partial charge in [0.15, 0.2) is 5.78 Å². The Kier molecular flexibility index (Phi) is 3.43. The molecule has 4 atom stereocenters. The van der Waals surface area contributed by atoms with Crippen molar-refractivity contribution in [3.63, 3.8) is 0 Å². The lowest BCUT2D eigenvalue weighted by molar-refractivity contribution is -0.119. The number of hydrogen-bond donors (Lipinski definition) is 0. The van der Waals surface area contributed by atoms with Gasteiger partial charge >= 0.3 is 0 Å². The molecule has 0 radical (unpaired) electrons. The van der Waals surface area contributed by atoms with Crippen molar-refractivity contribution in [1.29, 1.82) is 0 Å². The van der Waals surface area contributed by atoms with E-state index in [0.29, 0.717) is 24.5 Å². The number of hydrogen-bond acceptors (Lipinski definition) is 4. The molecule has 1 aromatic carbocycles. The molecule has 22 heavy (non-hydrogen) atoms. The van der Waals surface area contributed by atoms with Crippen molar-refractivity contribution in [3.05, 3.63) is 48.0 Å². The fourth-order valence-corrected chi connectivity index (χ4v) is 8.72. The Bertz CT molecular complexity index is 685. The largest absolute Gasteiger partial charge is 0.293 e. The highest BCUT2D eigenvalue weighted by Crippen LogP contribution is 2.47. The zero-order chi connectivity index (χ0) is 15.3. The van der Waals surface area contributed by atoms with E-state index in [0.717, 1.165) is 5.56 Å². The predicted molar refractivity (Wildman–Crippen MR) is 87.1 cm³/mol. The normalized spacial score (nSPS) is 36.3. The quantitative estimate of drug-likeness (QED) is 0.808. The third kappa shape index (κ3) is 1.94. The SMILES string of the molecule is O=C1C=C[C@H]2N(Cc3ccccc3)[C@@H]1CC21[S@](=O)CC[S@]1=O. The summed E-state index contributed by atoms with van der Waals surface area (Å²) in [5.74, 6) is 1.01. The summed E-state index contributed by atoms with van der Waals surface area (Å²) in [6.45, 7) is 0.627. The average molecular weight is 335 g/mol. The van der Waals surface area contributed by atoms with Crippen molar-refractivity contribution in [3.8, 4) is 0 Å². The molecule has 3 aliphatic rings. The van der Waals surface area contributed by atoms with Crippen LogP contribution in [0.2, 0.25) is 0 Å². The number of carbonyl (C=O) groups is 1. The molecule has 1 aromatic rings. The number of benzene rings is 1. The summed E-state index contributed by atoms with van der Waals surface area (Å²) in [4.78, 5) is 14.4. The van der Waals surface area contributed by atoms with Crippen LogP contribution in [0.3, 0.4) is 0 Å². The maximum Gasteiger partial charge on any atom is 0.172 e. The molecule has 4 nitrogen and oxygen atoms in total. The van der Waals surface area contributed by atoms with Gasteiger partial charge in [0.2, 0.25) is 0 Å². The van der Waals surface area contributed by atoms with E-state index in [4.69, 9.17) is 0 Å². The van der Waals surface area contributed by atoms with Crippen molar-refractivity contribution in [2.45, 2.75) is 29.1 Å². The second kappa shape index (κ2) is 5.22. The molecule has 2 fully saturated rings. The molecule has 0 N–H and O–H groups in total. The topological polar surface area (TPSA) is 54.5 Å². The summed E-state index contributed by atoms with van der Waals surface area (Å²) in [6.07, 6.45) is 3.88. The van der Waals surface area contributed by atoms with E-state index in [9.17, 15) is 13.2 Å². The molecule has 3 heterocycles. The summed E-state index contributed by atoms with van der Waals surface area (Å²) in [6, 6.07) is 9.50. The first-order valence-corrected chi connectivity index (χ1v) is 10.1. The Morgan fingerprint density at radius 2 is 1.82 bits per heavy atom. The molecule has 1 spiro atoms. The highest BCUT2D eigenvalue weighted by molar-refractivity contribution is 8.07. The molecule has 0 unspecified atom stereocenters. The maximum atomic E-state index is 12.6. The van der Waals surface area contributed by atoms with Crippen molar-refractivity contribution >= 4 is 27.4 Å². The lowest BCUT2D eigenvalue weighted by Gasteiger charge is -2.33. The fraction of sp³-hybridized carbons (Fsp3) is 0.438. The Labute approximate surface area is 134 Å². The van der Waals surface area contributed by atoms with Gasteiger partial charge in [-0.05, 0) is 11.6 Å². The molecule has 0 aliphatic carbocycles. The van der Waals surface area contributed by atoms with Crippen LogP contribution in [0.15, 0.2) is 42.5 Å². The van der Waals surface area contributed by atoms with Crippen LogP contribution in [-0.4, -0.2) is 46.8 Å². The van der Waals surface area contributed by atoms with Crippen molar-refractivity contribution in [1.82, 2.24) is 4.90 Å². The smallest absolute Gasteiger partial charge is 0.172 e. The molecule has 116 valence electrons. The van der Waals surface area contributed by atoms with E-state index in [1.807, 2.05) is 36.4 Å². The van der Waals surface area contributed by atoms with E-state index in [1.54, 1.807) is 6.08 Å². The Balaban J connectivity index is 1.74. The summed E-state index contributed by atoms with van der Waals surface area (Å²) >= 11 is 0. The van der Waals surface area contributed by atoms with Gasteiger partial charge in [0.25, 0.3) is 0 Å². The van der Waals surface area contributed by atoms with Crippen molar-refractivity contribution < 1.29 is 13.2 Å². The van der Waals surface area contributed by atoms with E-state index >= 15 is 0 Å². The van der Waals surface area contributed by atoms with Gasteiger partial charge in [0.1, 0.15) is 4.08 Å². The van der Waals surface area contributed by atoms with Gasteiger partial charge in [-0.1, -0.05) is 36.4 Å². The summed E-state index contributed by atoms with van der Waals surface area (Å²) < 4.78 is 24.5. The van der Waals surface area contributed by atoms with Gasteiger partial charge in [-0.2, -0.15) is 0 Å². The van der Waals surface area contributed by atoms with Gasteiger partial charge in [-0.15, -0.1) is 0 Å². The molecule has 6 heteroatoms. The third-order valence-electron chi connectivity index (χ3n) is 4.89. The lowest BCUT2D eigenvalue weighted by atomic mass is 10.1. The molecular formula is C16H17NO3S2. The summed E-state index contributed by atoms with van der Waals surface area (Å²) in [5.41, 5.74) is 1.12. The summed E-state index contributed by atoms with van der Waals surface area (Å²) in [5, 5.41) is 0. The minimum absolute atomic E-state index is 0.0463.